The first-order valence-corrected chi connectivity index (χ1v) is 6.19. The lowest BCUT2D eigenvalue weighted by atomic mass is 10.2. The van der Waals surface area contributed by atoms with Crippen LogP contribution < -0.4 is 4.90 Å². The molecule has 1 fully saturated rings. The number of methoxy groups -OCH3 is 1. The van der Waals surface area contributed by atoms with E-state index in [9.17, 15) is 9.90 Å². The zero-order chi connectivity index (χ0) is 13.8. The van der Waals surface area contributed by atoms with Crippen LogP contribution in [-0.4, -0.2) is 55.1 Å². The van der Waals surface area contributed by atoms with E-state index >= 15 is 0 Å². The monoisotopic (exact) mass is 266 g/mol. The Bertz CT molecular complexity index is 452. The largest absolute Gasteiger partial charge is 0.465 e. The van der Waals surface area contributed by atoms with Gasteiger partial charge in [-0.1, -0.05) is 0 Å². The summed E-state index contributed by atoms with van der Waals surface area (Å²) in [5.41, 5.74) is 0.465. The standard InChI is InChI=1S/C13H18N2O4/c1-9-8-19-11(7-16)6-15(9)12-5-10(3-4-14-12)13(17)18-2/h3-5,9,11,16H,6-8H2,1-2H3. The molecule has 1 aliphatic heterocycles. The summed E-state index contributed by atoms with van der Waals surface area (Å²) in [5.74, 6) is 0.306. The van der Waals surface area contributed by atoms with E-state index in [2.05, 4.69) is 4.98 Å². The summed E-state index contributed by atoms with van der Waals surface area (Å²) in [6, 6.07) is 3.45. The number of aliphatic hydroxyl groups is 1. The molecule has 0 aromatic carbocycles. The van der Waals surface area contributed by atoms with Gasteiger partial charge in [0.2, 0.25) is 0 Å². The van der Waals surface area contributed by atoms with Crippen molar-refractivity contribution >= 4 is 11.8 Å². The molecule has 0 spiro atoms. The lowest BCUT2D eigenvalue weighted by Crippen LogP contribution is -2.50. The second-order valence-electron chi connectivity index (χ2n) is 4.53. The van der Waals surface area contributed by atoms with Crippen LogP contribution in [0, 0.1) is 0 Å². The average Bonchev–Trinajstić information content (AvgIpc) is 2.47. The summed E-state index contributed by atoms with van der Waals surface area (Å²) >= 11 is 0. The van der Waals surface area contributed by atoms with E-state index in [4.69, 9.17) is 9.47 Å². The molecule has 6 heteroatoms. The van der Waals surface area contributed by atoms with E-state index in [1.165, 1.54) is 7.11 Å². The number of ether oxygens (including phenoxy) is 2. The summed E-state index contributed by atoms with van der Waals surface area (Å²) < 4.78 is 10.2. The number of morpholine rings is 1. The van der Waals surface area contributed by atoms with Crippen LogP contribution in [0.3, 0.4) is 0 Å². The third kappa shape index (κ3) is 3.02. The first-order chi connectivity index (χ1) is 9.15. The predicted octanol–water partition coefficient (Wildman–Crippen LogP) is 0.454. The molecule has 1 aromatic rings. The Morgan fingerprint density at radius 2 is 2.47 bits per heavy atom. The molecule has 0 saturated carbocycles. The molecule has 2 rings (SSSR count). The van der Waals surface area contributed by atoms with Gasteiger partial charge in [0.05, 0.1) is 38.0 Å². The van der Waals surface area contributed by atoms with Gasteiger partial charge in [0, 0.05) is 12.7 Å². The topological polar surface area (TPSA) is 71.9 Å². The Labute approximate surface area is 112 Å². The molecule has 2 atom stereocenters. The maximum absolute atomic E-state index is 11.5. The Kier molecular flexibility index (Phi) is 4.34. The van der Waals surface area contributed by atoms with Crippen molar-refractivity contribution in [3.63, 3.8) is 0 Å². The summed E-state index contributed by atoms with van der Waals surface area (Å²) in [7, 11) is 1.35. The van der Waals surface area contributed by atoms with Crippen molar-refractivity contribution in [2.24, 2.45) is 0 Å². The van der Waals surface area contributed by atoms with Crippen LogP contribution in [0.1, 0.15) is 17.3 Å². The number of hydrogen-bond acceptors (Lipinski definition) is 6. The highest BCUT2D eigenvalue weighted by Crippen LogP contribution is 2.20. The van der Waals surface area contributed by atoms with Gasteiger partial charge in [0.25, 0.3) is 0 Å². The number of rotatable bonds is 3. The summed E-state index contributed by atoms with van der Waals surface area (Å²) in [5, 5.41) is 9.18. The third-order valence-corrected chi connectivity index (χ3v) is 3.17. The van der Waals surface area contributed by atoms with E-state index in [1.807, 2.05) is 11.8 Å². The molecule has 2 unspecified atom stereocenters. The fourth-order valence-electron chi connectivity index (χ4n) is 2.07. The van der Waals surface area contributed by atoms with Gasteiger partial charge in [0.15, 0.2) is 0 Å². The van der Waals surface area contributed by atoms with Gasteiger partial charge in [-0.2, -0.15) is 0 Å². The molecule has 1 aromatic heterocycles. The normalized spacial score (nSPS) is 23.2. The maximum Gasteiger partial charge on any atom is 0.338 e. The van der Waals surface area contributed by atoms with Crippen LogP contribution in [-0.2, 0) is 9.47 Å². The summed E-state index contributed by atoms with van der Waals surface area (Å²) in [4.78, 5) is 17.8. The molecule has 0 amide bonds. The van der Waals surface area contributed by atoms with E-state index in [0.29, 0.717) is 24.5 Å². The number of carbonyl (C=O) groups excluding carboxylic acids is 1. The summed E-state index contributed by atoms with van der Waals surface area (Å²) in [6.45, 7) is 3.06. The number of nitrogens with zero attached hydrogens (tertiary/aromatic N) is 2. The lowest BCUT2D eigenvalue weighted by Gasteiger charge is -2.38. The van der Waals surface area contributed by atoms with Crippen molar-refractivity contribution in [3.8, 4) is 0 Å². The van der Waals surface area contributed by atoms with E-state index in [-0.39, 0.29) is 24.7 Å². The first-order valence-electron chi connectivity index (χ1n) is 6.19. The van der Waals surface area contributed by atoms with Crippen LogP contribution in [0.2, 0.25) is 0 Å². The fourth-order valence-corrected chi connectivity index (χ4v) is 2.07. The van der Waals surface area contributed by atoms with Crippen LogP contribution in [0.15, 0.2) is 18.3 Å². The van der Waals surface area contributed by atoms with Crippen molar-refractivity contribution in [2.45, 2.75) is 19.1 Å². The lowest BCUT2D eigenvalue weighted by molar-refractivity contribution is -0.0105. The maximum atomic E-state index is 11.5. The van der Waals surface area contributed by atoms with Crippen LogP contribution >= 0.6 is 0 Å². The molecular weight excluding hydrogens is 248 g/mol. The zero-order valence-electron chi connectivity index (χ0n) is 11.1. The van der Waals surface area contributed by atoms with Gasteiger partial charge >= 0.3 is 5.97 Å². The Hall–Kier alpha value is -1.66. The molecule has 104 valence electrons. The fraction of sp³-hybridized carbons (Fsp3) is 0.538. The van der Waals surface area contributed by atoms with E-state index in [0.717, 1.165) is 0 Å². The minimum atomic E-state index is -0.386. The number of hydrogen-bond donors (Lipinski definition) is 1. The smallest absolute Gasteiger partial charge is 0.338 e. The SMILES string of the molecule is COC(=O)c1ccnc(N2CC(CO)OCC2C)c1. The number of anilines is 1. The molecule has 0 radical (unpaired) electrons. The predicted molar refractivity (Wildman–Crippen MR) is 69.2 cm³/mol. The van der Waals surface area contributed by atoms with Crippen molar-refractivity contribution in [1.82, 2.24) is 4.98 Å². The Morgan fingerprint density at radius 1 is 1.68 bits per heavy atom. The highest BCUT2D eigenvalue weighted by molar-refractivity contribution is 5.90. The molecule has 2 heterocycles. The van der Waals surface area contributed by atoms with Gasteiger partial charge in [-0.25, -0.2) is 9.78 Å². The summed E-state index contributed by atoms with van der Waals surface area (Å²) in [6.07, 6.45) is 1.36. The molecule has 6 nitrogen and oxygen atoms in total. The number of aromatic nitrogens is 1. The van der Waals surface area contributed by atoms with Crippen LogP contribution in [0.5, 0.6) is 0 Å². The Morgan fingerprint density at radius 3 is 3.16 bits per heavy atom. The highest BCUT2D eigenvalue weighted by atomic mass is 16.5. The quantitative estimate of drug-likeness (QED) is 0.801. The molecular formula is C13H18N2O4. The van der Waals surface area contributed by atoms with Crippen molar-refractivity contribution < 1.29 is 19.4 Å². The average molecular weight is 266 g/mol. The molecule has 19 heavy (non-hydrogen) atoms. The van der Waals surface area contributed by atoms with Crippen molar-refractivity contribution in [1.29, 1.82) is 0 Å². The van der Waals surface area contributed by atoms with Gasteiger partial charge in [-0.3, -0.25) is 0 Å². The van der Waals surface area contributed by atoms with Crippen LogP contribution in [0.4, 0.5) is 5.82 Å². The third-order valence-electron chi connectivity index (χ3n) is 3.17. The van der Waals surface area contributed by atoms with E-state index in [1.54, 1.807) is 18.3 Å². The molecule has 0 aliphatic carbocycles. The van der Waals surface area contributed by atoms with Gasteiger partial charge in [-0.05, 0) is 19.1 Å². The Balaban J connectivity index is 2.22. The van der Waals surface area contributed by atoms with Gasteiger partial charge in [-0.15, -0.1) is 0 Å². The van der Waals surface area contributed by atoms with E-state index < -0.39 is 0 Å². The zero-order valence-corrected chi connectivity index (χ0v) is 11.1. The first kappa shape index (κ1) is 13.8. The second-order valence-corrected chi connectivity index (χ2v) is 4.53. The van der Waals surface area contributed by atoms with Gasteiger partial charge < -0.3 is 19.5 Å². The number of pyridine rings is 1. The second kappa shape index (κ2) is 5.99. The number of aliphatic hydroxyl groups excluding tert-OH is 1. The van der Waals surface area contributed by atoms with Crippen molar-refractivity contribution in [2.75, 3.05) is 31.8 Å². The minimum absolute atomic E-state index is 0.0279. The molecule has 1 N–H and O–H groups in total. The number of esters is 1. The molecule has 0 bridgehead atoms. The van der Waals surface area contributed by atoms with Crippen molar-refractivity contribution in [3.05, 3.63) is 23.9 Å². The highest BCUT2D eigenvalue weighted by Gasteiger charge is 2.27. The number of carbonyl (C=O) groups is 1. The molecule has 1 aliphatic rings. The van der Waals surface area contributed by atoms with Gasteiger partial charge in [0.1, 0.15) is 5.82 Å². The molecule has 1 saturated heterocycles. The minimum Gasteiger partial charge on any atom is -0.465 e. The van der Waals surface area contributed by atoms with Crippen LogP contribution in [0.25, 0.3) is 0 Å².